The Morgan fingerprint density at radius 2 is 1.90 bits per heavy atom. The fraction of sp³-hybridized carbons (Fsp3) is 0.133. The molecular weight excluding hydrogens is 259 g/mol. The van der Waals surface area contributed by atoms with Crippen LogP contribution in [-0.4, -0.2) is 11.0 Å². The zero-order valence-corrected chi connectivity index (χ0v) is 10.9. The van der Waals surface area contributed by atoms with Gasteiger partial charge in [-0.25, -0.2) is 4.39 Å². The van der Waals surface area contributed by atoms with Crippen LogP contribution in [0.25, 0.3) is 0 Å². The second kappa shape index (κ2) is 5.61. The summed E-state index contributed by atoms with van der Waals surface area (Å²) in [6, 6.07) is 10.1. The lowest BCUT2D eigenvalue weighted by Gasteiger charge is -2.15. The quantitative estimate of drug-likeness (QED) is 0.595. The summed E-state index contributed by atoms with van der Waals surface area (Å²) in [7, 11) is 0. The summed E-state index contributed by atoms with van der Waals surface area (Å²) in [5.41, 5.74) is 6.57. The highest BCUT2D eigenvalue weighted by Gasteiger charge is 2.15. The van der Waals surface area contributed by atoms with Crippen LogP contribution in [0.15, 0.2) is 42.5 Å². The van der Waals surface area contributed by atoms with E-state index in [1.165, 1.54) is 24.3 Å². The van der Waals surface area contributed by atoms with Crippen molar-refractivity contribution in [2.45, 2.75) is 13.0 Å². The fourth-order valence-corrected chi connectivity index (χ4v) is 1.85. The molecule has 0 bridgehead atoms. The molecule has 2 rings (SSSR count). The summed E-state index contributed by atoms with van der Waals surface area (Å²) in [4.78, 5) is 12.1. The first-order chi connectivity index (χ1) is 9.49. The molecule has 0 heterocycles. The number of nitrogens with one attached hydrogen (secondary N) is 1. The maximum Gasteiger partial charge on any atom is 0.255 e. The molecule has 0 saturated carbocycles. The lowest BCUT2D eigenvalue weighted by molar-refractivity contribution is 0.0937. The van der Waals surface area contributed by atoms with E-state index < -0.39 is 5.91 Å². The van der Waals surface area contributed by atoms with E-state index in [2.05, 4.69) is 5.32 Å². The van der Waals surface area contributed by atoms with E-state index in [-0.39, 0.29) is 28.9 Å². The van der Waals surface area contributed by atoms with Gasteiger partial charge in [-0.15, -0.1) is 0 Å². The number of halogens is 1. The van der Waals surface area contributed by atoms with Gasteiger partial charge in [0.25, 0.3) is 5.91 Å². The number of phenols is 1. The number of hydrogen-bond donors (Lipinski definition) is 3. The van der Waals surface area contributed by atoms with Crippen LogP contribution in [0.4, 0.5) is 10.1 Å². The minimum atomic E-state index is -0.438. The number of carbonyl (C=O) groups excluding carboxylic acids is 1. The number of anilines is 1. The molecule has 4 nitrogen and oxygen atoms in total. The monoisotopic (exact) mass is 274 g/mol. The lowest BCUT2D eigenvalue weighted by Crippen LogP contribution is -2.26. The lowest BCUT2D eigenvalue weighted by atomic mass is 10.1. The third-order valence-corrected chi connectivity index (χ3v) is 3.03. The van der Waals surface area contributed by atoms with Gasteiger partial charge in [-0.05, 0) is 36.8 Å². The molecule has 0 aliphatic carbocycles. The summed E-state index contributed by atoms with van der Waals surface area (Å²) < 4.78 is 12.8. The molecule has 0 aromatic heterocycles. The molecule has 1 amide bonds. The molecule has 1 atom stereocenters. The summed E-state index contributed by atoms with van der Waals surface area (Å²) in [6.07, 6.45) is 0. The Kier molecular flexibility index (Phi) is 3.89. The van der Waals surface area contributed by atoms with E-state index >= 15 is 0 Å². The number of carbonyl (C=O) groups is 1. The Morgan fingerprint density at radius 1 is 1.25 bits per heavy atom. The molecule has 20 heavy (non-hydrogen) atoms. The number of para-hydroxylation sites is 1. The van der Waals surface area contributed by atoms with E-state index in [4.69, 9.17) is 5.73 Å². The van der Waals surface area contributed by atoms with Crippen molar-refractivity contribution >= 4 is 11.6 Å². The van der Waals surface area contributed by atoms with Gasteiger partial charge in [0.1, 0.15) is 5.82 Å². The Bertz CT molecular complexity index is 626. The van der Waals surface area contributed by atoms with E-state index in [1.54, 1.807) is 25.1 Å². The van der Waals surface area contributed by atoms with Gasteiger partial charge in [0.15, 0.2) is 5.75 Å². The van der Waals surface area contributed by atoms with Crippen LogP contribution in [0.2, 0.25) is 0 Å². The largest absolute Gasteiger partial charge is 0.505 e. The first-order valence-corrected chi connectivity index (χ1v) is 6.13. The summed E-state index contributed by atoms with van der Waals surface area (Å²) in [5.74, 6) is -1.01. The molecule has 5 heteroatoms. The van der Waals surface area contributed by atoms with Crippen LogP contribution in [0.5, 0.6) is 5.75 Å². The predicted octanol–water partition coefficient (Wildman–Crippen LogP) is 2.60. The maximum absolute atomic E-state index is 12.8. The standard InChI is InChI=1S/C15H15FN2O2/c1-9(10-5-7-11(16)8-6-10)18-15(20)12-3-2-4-13(17)14(12)19/h2-9,19H,17H2,1H3,(H,18,20). The minimum Gasteiger partial charge on any atom is -0.505 e. The number of hydrogen-bond acceptors (Lipinski definition) is 3. The normalized spacial score (nSPS) is 11.9. The number of amides is 1. The molecule has 104 valence electrons. The molecule has 4 N–H and O–H groups in total. The highest BCUT2D eigenvalue weighted by molar-refractivity contribution is 5.98. The van der Waals surface area contributed by atoms with Gasteiger partial charge in [-0.2, -0.15) is 0 Å². The van der Waals surface area contributed by atoms with Crippen molar-refractivity contribution in [3.63, 3.8) is 0 Å². The number of nitrogens with two attached hydrogens (primary N) is 1. The van der Waals surface area contributed by atoms with Crippen LogP contribution < -0.4 is 11.1 Å². The Labute approximate surface area is 116 Å². The van der Waals surface area contributed by atoms with Crippen molar-refractivity contribution in [2.24, 2.45) is 0 Å². The minimum absolute atomic E-state index is 0.110. The molecule has 0 saturated heterocycles. The average Bonchev–Trinajstić information content (AvgIpc) is 2.42. The summed E-state index contributed by atoms with van der Waals surface area (Å²) in [5, 5.41) is 12.5. The molecule has 0 aliphatic heterocycles. The van der Waals surface area contributed by atoms with E-state index in [0.29, 0.717) is 0 Å². The third kappa shape index (κ3) is 2.88. The second-order valence-corrected chi connectivity index (χ2v) is 4.49. The number of benzene rings is 2. The van der Waals surface area contributed by atoms with Gasteiger partial charge < -0.3 is 16.2 Å². The first kappa shape index (κ1) is 13.9. The molecule has 2 aromatic rings. The average molecular weight is 274 g/mol. The molecule has 0 radical (unpaired) electrons. The van der Waals surface area contributed by atoms with Crippen molar-refractivity contribution < 1.29 is 14.3 Å². The number of phenolic OH excluding ortho intramolecular Hbond substituents is 1. The van der Waals surface area contributed by atoms with E-state index in [9.17, 15) is 14.3 Å². The van der Waals surface area contributed by atoms with Crippen LogP contribution in [0.1, 0.15) is 28.9 Å². The van der Waals surface area contributed by atoms with Crippen molar-refractivity contribution in [1.29, 1.82) is 0 Å². The zero-order valence-electron chi connectivity index (χ0n) is 10.9. The molecule has 0 fully saturated rings. The van der Waals surface area contributed by atoms with Crippen molar-refractivity contribution in [3.05, 3.63) is 59.4 Å². The molecule has 1 unspecified atom stereocenters. The number of nitrogen functional groups attached to an aromatic ring is 1. The Morgan fingerprint density at radius 3 is 2.55 bits per heavy atom. The molecule has 0 spiro atoms. The van der Waals surface area contributed by atoms with E-state index in [1.807, 2.05) is 0 Å². The Hall–Kier alpha value is -2.56. The smallest absolute Gasteiger partial charge is 0.255 e. The van der Waals surface area contributed by atoms with Crippen LogP contribution in [0.3, 0.4) is 0 Å². The van der Waals surface area contributed by atoms with Crippen LogP contribution in [-0.2, 0) is 0 Å². The SMILES string of the molecule is CC(NC(=O)c1cccc(N)c1O)c1ccc(F)cc1. The Balaban J connectivity index is 2.15. The fourth-order valence-electron chi connectivity index (χ4n) is 1.85. The zero-order chi connectivity index (χ0) is 14.7. The maximum atomic E-state index is 12.8. The summed E-state index contributed by atoms with van der Waals surface area (Å²) in [6.45, 7) is 1.77. The van der Waals surface area contributed by atoms with Crippen molar-refractivity contribution in [2.75, 3.05) is 5.73 Å². The van der Waals surface area contributed by atoms with Crippen molar-refractivity contribution in [1.82, 2.24) is 5.32 Å². The van der Waals surface area contributed by atoms with Crippen molar-refractivity contribution in [3.8, 4) is 5.75 Å². The number of rotatable bonds is 3. The molecule has 0 aliphatic rings. The van der Waals surface area contributed by atoms with Gasteiger partial charge in [-0.1, -0.05) is 18.2 Å². The van der Waals surface area contributed by atoms with Gasteiger partial charge >= 0.3 is 0 Å². The highest BCUT2D eigenvalue weighted by atomic mass is 19.1. The van der Waals surface area contributed by atoms with Gasteiger partial charge in [0, 0.05) is 0 Å². The second-order valence-electron chi connectivity index (χ2n) is 4.49. The first-order valence-electron chi connectivity index (χ1n) is 6.13. The van der Waals surface area contributed by atoms with Gasteiger partial charge in [0.2, 0.25) is 0 Å². The van der Waals surface area contributed by atoms with E-state index in [0.717, 1.165) is 5.56 Å². The number of aromatic hydroxyl groups is 1. The van der Waals surface area contributed by atoms with Crippen LogP contribution >= 0.6 is 0 Å². The van der Waals surface area contributed by atoms with Gasteiger partial charge in [-0.3, -0.25) is 4.79 Å². The van der Waals surface area contributed by atoms with Crippen LogP contribution in [0, 0.1) is 5.82 Å². The summed E-state index contributed by atoms with van der Waals surface area (Å²) >= 11 is 0. The molecular formula is C15H15FN2O2. The molecule has 2 aromatic carbocycles. The highest BCUT2D eigenvalue weighted by Crippen LogP contribution is 2.25. The van der Waals surface area contributed by atoms with Gasteiger partial charge in [0.05, 0.1) is 17.3 Å². The predicted molar refractivity (Wildman–Crippen MR) is 74.8 cm³/mol. The topological polar surface area (TPSA) is 75.4 Å². The third-order valence-electron chi connectivity index (χ3n) is 3.03.